The van der Waals surface area contributed by atoms with E-state index in [0.29, 0.717) is 24.3 Å². The number of carboxylic acids is 1. The molecule has 2 rings (SSSR count). The summed E-state index contributed by atoms with van der Waals surface area (Å²) in [4.78, 5) is 28.6. The summed E-state index contributed by atoms with van der Waals surface area (Å²) >= 11 is 5.81. The Labute approximate surface area is 121 Å². The van der Waals surface area contributed by atoms with Gasteiger partial charge in [-0.15, -0.1) is 0 Å². The maximum atomic E-state index is 12.1. The van der Waals surface area contributed by atoms with Gasteiger partial charge in [0.2, 0.25) is 0 Å². The molecule has 1 aliphatic heterocycles. The number of aromatic carboxylic acids is 1. The van der Waals surface area contributed by atoms with Crippen molar-refractivity contribution in [3.63, 3.8) is 0 Å². The van der Waals surface area contributed by atoms with Gasteiger partial charge in [0.25, 0.3) is 0 Å². The second-order valence-corrected chi connectivity index (χ2v) is 5.84. The molecule has 0 fully saturated rings. The molecule has 1 aromatic rings. The van der Waals surface area contributed by atoms with Crippen LogP contribution in [0.15, 0.2) is 6.07 Å². The third-order valence-electron chi connectivity index (χ3n) is 2.74. The molecule has 0 aliphatic carbocycles. The lowest BCUT2D eigenvalue weighted by atomic mass is 10.2. The van der Waals surface area contributed by atoms with Crippen LogP contribution in [0.5, 0.6) is 0 Å². The molecule has 1 aliphatic rings. The molecule has 20 heavy (non-hydrogen) atoms. The van der Waals surface area contributed by atoms with E-state index in [1.165, 1.54) is 11.0 Å². The molecule has 0 spiro atoms. The molecule has 1 aromatic heterocycles. The van der Waals surface area contributed by atoms with Crippen LogP contribution in [0.3, 0.4) is 0 Å². The minimum Gasteiger partial charge on any atom is -0.478 e. The highest BCUT2D eigenvalue weighted by molar-refractivity contribution is 6.32. The van der Waals surface area contributed by atoms with Gasteiger partial charge in [-0.1, -0.05) is 11.6 Å². The van der Waals surface area contributed by atoms with E-state index in [4.69, 9.17) is 21.4 Å². The van der Waals surface area contributed by atoms with E-state index in [2.05, 4.69) is 4.98 Å². The number of pyridine rings is 1. The van der Waals surface area contributed by atoms with E-state index >= 15 is 0 Å². The van der Waals surface area contributed by atoms with Crippen LogP contribution < -0.4 is 4.90 Å². The summed E-state index contributed by atoms with van der Waals surface area (Å²) in [7, 11) is 0. The van der Waals surface area contributed by atoms with Gasteiger partial charge in [-0.3, -0.25) is 4.90 Å². The highest BCUT2D eigenvalue weighted by atomic mass is 35.5. The molecule has 1 amide bonds. The van der Waals surface area contributed by atoms with Crippen molar-refractivity contribution in [2.24, 2.45) is 0 Å². The molecule has 0 saturated heterocycles. The Bertz CT molecular complexity index is 580. The number of halogens is 1. The van der Waals surface area contributed by atoms with E-state index in [0.717, 1.165) is 0 Å². The van der Waals surface area contributed by atoms with Gasteiger partial charge in [-0.25, -0.2) is 14.6 Å². The fraction of sp³-hybridized carbons (Fsp3) is 0.462. The Morgan fingerprint density at radius 1 is 1.45 bits per heavy atom. The number of hydrogen-bond donors (Lipinski definition) is 1. The molecule has 0 bridgehead atoms. The van der Waals surface area contributed by atoms with Gasteiger partial charge in [-0.05, 0) is 26.8 Å². The Hall–Kier alpha value is -1.82. The van der Waals surface area contributed by atoms with E-state index < -0.39 is 17.7 Å². The number of ether oxygens (including phenoxy) is 1. The van der Waals surface area contributed by atoms with Gasteiger partial charge in [0.1, 0.15) is 10.8 Å². The van der Waals surface area contributed by atoms with Gasteiger partial charge in [0.05, 0.1) is 16.9 Å². The zero-order valence-corrected chi connectivity index (χ0v) is 12.2. The van der Waals surface area contributed by atoms with Crippen LogP contribution in [-0.2, 0) is 11.2 Å². The van der Waals surface area contributed by atoms with Crippen molar-refractivity contribution in [1.82, 2.24) is 4.98 Å². The first-order valence-electron chi connectivity index (χ1n) is 6.12. The number of hydrogen-bond acceptors (Lipinski definition) is 4. The Balaban J connectivity index is 2.35. The highest BCUT2D eigenvalue weighted by Gasteiger charge is 2.31. The summed E-state index contributed by atoms with van der Waals surface area (Å²) in [6, 6.07) is 1.36. The van der Waals surface area contributed by atoms with Crippen LogP contribution >= 0.6 is 11.6 Å². The first kappa shape index (κ1) is 14.6. The Kier molecular flexibility index (Phi) is 3.60. The first-order chi connectivity index (χ1) is 9.19. The summed E-state index contributed by atoms with van der Waals surface area (Å²) in [5, 5.41) is 8.98. The first-order valence-corrected chi connectivity index (χ1v) is 6.50. The monoisotopic (exact) mass is 298 g/mol. The molecule has 108 valence electrons. The highest BCUT2D eigenvalue weighted by Crippen LogP contribution is 2.31. The Morgan fingerprint density at radius 3 is 2.65 bits per heavy atom. The maximum Gasteiger partial charge on any atom is 0.414 e. The number of fused-ring (bicyclic) bond motifs is 1. The molecule has 7 heteroatoms. The average Bonchev–Trinajstić information content (AvgIpc) is 2.67. The molecular formula is C13H15ClN2O4. The predicted octanol–water partition coefficient (Wildman–Crippen LogP) is 2.73. The SMILES string of the molecule is CC(C)(C)OC(=O)N1CCc2nc(Cl)c(C(=O)O)cc21. The van der Waals surface area contributed by atoms with E-state index in [1.807, 2.05) is 0 Å². The fourth-order valence-electron chi connectivity index (χ4n) is 1.93. The predicted molar refractivity (Wildman–Crippen MR) is 73.5 cm³/mol. The Morgan fingerprint density at radius 2 is 2.10 bits per heavy atom. The van der Waals surface area contributed by atoms with Gasteiger partial charge >= 0.3 is 12.1 Å². The normalized spacial score (nSPS) is 14.1. The van der Waals surface area contributed by atoms with Gasteiger partial charge < -0.3 is 9.84 Å². The summed E-state index contributed by atoms with van der Waals surface area (Å²) in [6.45, 7) is 5.71. The van der Waals surface area contributed by atoms with Crippen LogP contribution in [-0.4, -0.2) is 34.3 Å². The molecule has 0 unspecified atom stereocenters. The lowest BCUT2D eigenvalue weighted by molar-refractivity contribution is 0.0582. The summed E-state index contributed by atoms with van der Waals surface area (Å²) in [5.41, 5.74) is 0.308. The number of aromatic nitrogens is 1. The van der Waals surface area contributed by atoms with Crippen molar-refractivity contribution in [3.8, 4) is 0 Å². The number of carbonyl (C=O) groups is 2. The standard InChI is InChI=1S/C13H15ClN2O4/c1-13(2,3)20-12(19)16-5-4-8-9(16)6-7(11(17)18)10(14)15-8/h6H,4-5H2,1-3H3,(H,17,18). The molecule has 2 heterocycles. The maximum absolute atomic E-state index is 12.1. The molecule has 0 saturated carbocycles. The van der Waals surface area contributed by atoms with Crippen molar-refractivity contribution >= 4 is 29.4 Å². The average molecular weight is 299 g/mol. The van der Waals surface area contributed by atoms with Crippen LogP contribution in [0.25, 0.3) is 0 Å². The summed E-state index contributed by atoms with van der Waals surface area (Å²) < 4.78 is 5.29. The lowest BCUT2D eigenvalue weighted by Crippen LogP contribution is -2.35. The quantitative estimate of drug-likeness (QED) is 0.806. The number of nitrogens with zero attached hydrogens (tertiary/aromatic N) is 2. The van der Waals surface area contributed by atoms with E-state index in [9.17, 15) is 9.59 Å². The molecular weight excluding hydrogens is 284 g/mol. The third-order valence-corrected chi connectivity index (χ3v) is 3.03. The van der Waals surface area contributed by atoms with Crippen LogP contribution in [0, 0.1) is 0 Å². The lowest BCUT2D eigenvalue weighted by Gasteiger charge is -2.24. The van der Waals surface area contributed by atoms with Crippen LogP contribution in [0.1, 0.15) is 36.8 Å². The number of anilines is 1. The minimum absolute atomic E-state index is 0.0673. The van der Waals surface area contributed by atoms with Gasteiger partial charge in [-0.2, -0.15) is 0 Å². The molecule has 0 radical (unpaired) electrons. The number of carboxylic acid groups (broad SMARTS) is 1. The third kappa shape index (κ3) is 2.85. The van der Waals surface area contributed by atoms with Crippen LogP contribution in [0.2, 0.25) is 5.15 Å². The number of rotatable bonds is 1. The van der Waals surface area contributed by atoms with Crippen molar-refractivity contribution in [1.29, 1.82) is 0 Å². The van der Waals surface area contributed by atoms with Gasteiger partial charge in [0.15, 0.2) is 0 Å². The van der Waals surface area contributed by atoms with Crippen molar-refractivity contribution in [2.75, 3.05) is 11.4 Å². The fourth-order valence-corrected chi connectivity index (χ4v) is 2.17. The largest absolute Gasteiger partial charge is 0.478 e. The number of amides is 1. The topological polar surface area (TPSA) is 79.7 Å². The zero-order valence-electron chi connectivity index (χ0n) is 11.4. The molecule has 0 atom stereocenters. The van der Waals surface area contributed by atoms with Crippen molar-refractivity contribution < 1.29 is 19.4 Å². The second-order valence-electron chi connectivity index (χ2n) is 5.48. The molecule has 0 aromatic carbocycles. The zero-order chi connectivity index (χ0) is 15.1. The van der Waals surface area contributed by atoms with E-state index in [1.54, 1.807) is 20.8 Å². The van der Waals surface area contributed by atoms with Gasteiger partial charge in [0, 0.05) is 13.0 Å². The smallest absolute Gasteiger partial charge is 0.414 e. The second kappa shape index (κ2) is 4.94. The minimum atomic E-state index is -1.18. The van der Waals surface area contributed by atoms with Crippen molar-refractivity contribution in [3.05, 3.63) is 22.5 Å². The van der Waals surface area contributed by atoms with E-state index in [-0.39, 0.29) is 10.7 Å². The molecule has 1 N–H and O–H groups in total. The van der Waals surface area contributed by atoms with Crippen LogP contribution in [0.4, 0.5) is 10.5 Å². The summed E-state index contributed by atoms with van der Waals surface area (Å²) in [5.74, 6) is -1.18. The summed E-state index contributed by atoms with van der Waals surface area (Å²) in [6.07, 6.45) is 0.00509. The number of carbonyl (C=O) groups excluding carboxylic acids is 1. The molecule has 6 nitrogen and oxygen atoms in total. The van der Waals surface area contributed by atoms with Crippen molar-refractivity contribution in [2.45, 2.75) is 32.8 Å².